The molecule has 0 saturated carbocycles. The number of carbonyl (C=O) groups excluding carboxylic acids is 2. The van der Waals surface area contributed by atoms with Gasteiger partial charge in [0.15, 0.2) is 0 Å². The minimum absolute atomic E-state index is 0.0530. The highest BCUT2D eigenvalue weighted by atomic mass is 19.4. The highest BCUT2D eigenvalue weighted by molar-refractivity contribution is 6.03. The van der Waals surface area contributed by atoms with Gasteiger partial charge in [0.1, 0.15) is 17.6 Å². The van der Waals surface area contributed by atoms with Gasteiger partial charge >= 0.3 is 30.1 Å². The lowest BCUT2D eigenvalue weighted by atomic mass is 9.92. The quantitative estimate of drug-likeness (QED) is 0.135. The van der Waals surface area contributed by atoms with Crippen LogP contribution in [0.15, 0.2) is 36.4 Å². The Hall–Kier alpha value is -4.95. The number of aliphatic carboxylic acids is 3. The molecule has 0 aliphatic carbocycles. The van der Waals surface area contributed by atoms with Gasteiger partial charge in [-0.15, -0.1) is 0 Å². The maximum atomic E-state index is 12.7. The van der Waals surface area contributed by atoms with Crippen LogP contribution in [0, 0.1) is 5.41 Å². The third kappa shape index (κ3) is 7.52. The zero-order chi connectivity index (χ0) is 28.8. The Labute approximate surface area is 211 Å². The molecule has 1 aliphatic heterocycles. The smallest absolute Gasteiger partial charge is 0.481 e. The number of amidine groups is 1. The van der Waals surface area contributed by atoms with Crippen LogP contribution in [0.4, 0.5) is 13.2 Å². The molecule has 12 nitrogen and oxygen atoms in total. The molecular weight excluding hydrogens is 519 g/mol. The van der Waals surface area contributed by atoms with Gasteiger partial charge in [0.2, 0.25) is 0 Å². The molecule has 15 heteroatoms. The van der Waals surface area contributed by atoms with E-state index in [0.29, 0.717) is 28.9 Å². The monoisotopic (exact) mass is 539 g/mol. The third-order valence-corrected chi connectivity index (χ3v) is 5.08. The molecule has 1 amide bonds. The number of hydrogen-bond acceptors (Lipinski definition) is 7. The predicted octanol–water partition coefficient (Wildman–Crippen LogP) is 1.58. The lowest BCUT2D eigenvalue weighted by Crippen LogP contribution is -2.42. The molecule has 0 bridgehead atoms. The SMILES string of the molecule is N=C(N)c1ccc2c(c1)CCc1c(C(=O)NC(CC(=O)O)C(=O)O)cccc1C(=O)O2.O=C(O)C(F)(F)F. The molecule has 1 heterocycles. The minimum Gasteiger partial charge on any atom is -0.481 e. The number of carboxylic acids is 3. The van der Waals surface area contributed by atoms with Crippen LogP contribution in [0.5, 0.6) is 5.75 Å². The number of carbonyl (C=O) groups is 5. The van der Waals surface area contributed by atoms with Crippen LogP contribution in [0.3, 0.4) is 0 Å². The highest BCUT2D eigenvalue weighted by Crippen LogP contribution is 2.28. The zero-order valence-electron chi connectivity index (χ0n) is 19.2. The lowest BCUT2D eigenvalue weighted by Gasteiger charge is -2.20. The van der Waals surface area contributed by atoms with Crippen LogP contribution < -0.4 is 15.8 Å². The second kappa shape index (κ2) is 11.9. The maximum Gasteiger partial charge on any atom is 0.490 e. The molecule has 1 unspecified atom stereocenters. The Bertz CT molecular complexity index is 1310. The summed E-state index contributed by atoms with van der Waals surface area (Å²) in [5.41, 5.74) is 7.16. The number of aryl methyl sites for hydroxylation is 1. The van der Waals surface area contributed by atoms with Crippen LogP contribution in [-0.4, -0.2) is 63.2 Å². The number of carboxylic acid groups (broad SMARTS) is 3. The number of alkyl halides is 3. The van der Waals surface area contributed by atoms with Crippen LogP contribution in [-0.2, 0) is 27.2 Å². The fourth-order valence-corrected chi connectivity index (χ4v) is 3.33. The Kier molecular flexibility index (Phi) is 9.14. The summed E-state index contributed by atoms with van der Waals surface area (Å²) in [6, 6.07) is 7.50. The van der Waals surface area contributed by atoms with Crippen molar-refractivity contribution in [1.29, 1.82) is 5.41 Å². The zero-order valence-corrected chi connectivity index (χ0v) is 19.2. The average Bonchev–Trinajstić information content (AvgIpc) is 2.80. The van der Waals surface area contributed by atoms with Gasteiger partial charge < -0.3 is 31.1 Å². The second-order valence-electron chi connectivity index (χ2n) is 7.72. The number of fused-ring (bicyclic) bond motifs is 2. The van der Waals surface area contributed by atoms with Crippen LogP contribution in [0.25, 0.3) is 0 Å². The van der Waals surface area contributed by atoms with Gasteiger partial charge in [0, 0.05) is 11.1 Å². The molecule has 0 spiro atoms. The van der Waals surface area contributed by atoms with Crippen molar-refractivity contribution < 1.29 is 57.2 Å². The summed E-state index contributed by atoms with van der Waals surface area (Å²) >= 11 is 0. The molecule has 1 atom stereocenters. The summed E-state index contributed by atoms with van der Waals surface area (Å²) in [6.45, 7) is 0. The average molecular weight is 539 g/mol. The van der Waals surface area contributed by atoms with E-state index >= 15 is 0 Å². The molecule has 2 aromatic carbocycles. The van der Waals surface area contributed by atoms with E-state index < -0.39 is 48.4 Å². The minimum atomic E-state index is -5.08. The molecule has 0 radical (unpaired) electrons. The van der Waals surface area contributed by atoms with Crippen molar-refractivity contribution in [3.8, 4) is 5.75 Å². The van der Waals surface area contributed by atoms with Crippen LogP contribution in [0.1, 0.15) is 43.8 Å². The Morgan fingerprint density at radius 1 is 1.08 bits per heavy atom. The van der Waals surface area contributed by atoms with Crippen molar-refractivity contribution in [2.75, 3.05) is 0 Å². The summed E-state index contributed by atoms with van der Waals surface area (Å²) in [7, 11) is 0. The van der Waals surface area contributed by atoms with Gasteiger partial charge in [-0.2, -0.15) is 13.2 Å². The van der Waals surface area contributed by atoms with Crippen molar-refractivity contribution in [3.63, 3.8) is 0 Å². The van der Waals surface area contributed by atoms with Gasteiger partial charge in [0.25, 0.3) is 5.91 Å². The van der Waals surface area contributed by atoms with Crippen LogP contribution >= 0.6 is 0 Å². The number of hydrogen-bond donors (Lipinski definition) is 6. The maximum absolute atomic E-state index is 12.7. The fraction of sp³-hybridized carbons (Fsp3) is 0.217. The summed E-state index contributed by atoms with van der Waals surface area (Å²) in [5.74, 6) is -6.94. The van der Waals surface area contributed by atoms with E-state index in [1.165, 1.54) is 18.2 Å². The number of nitrogen functional groups attached to an aromatic ring is 1. The van der Waals surface area contributed by atoms with Crippen molar-refractivity contribution in [2.24, 2.45) is 5.73 Å². The molecule has 2 aromatic rings. The summed E-state index contributed by atoms with van der Waals surface area (Å²) in [6.07, 6.45) is -5.27. The van der Waals surface area contributed by atoms with Gasteiger partial charge in [-0.25, -0.2) is 14.4 Å². The van der Waals surface area contributed by atoms with Crippen molar-refractivity contribution in [2.45, 2.75) is 31.5 Å². The largest absolute Gasteiger partial charge is 0.490 e. The first-order valence-electron chi connectivity index (χ1n) is 10.5. The van der Waals surface area contributed by atoms with Gasteiger partial charge in [-0.05, 0) is 54.3 Å². The number of benzene rings is 2. The molecule has 7 N–H and O–H groups in total. The first-order chi connectivity index (χ1) is 17.6. The topological polar surface area (TPSA) is 217 Å². The molecule has 202 valence electrons. The Morgan fingerprint density at radius 3 is 2.24 bits per heavy atom. The number of nitrogens with two attached hydrogens (primary N) is 1. The number of esters is 1. The van der Waals surface area contributed by atoms with Crippen molar-refractivity contribution >= 4 is 35.6 Å². The summed E-state index contributed by atoms with van der Waals surface area (Å²) < 4.78 is 37.2. The molecule has 0 saturated heterocycles. The van der Waals surface area contributed by atoms with E-state index in [9.17, 15) is 37.5 Å². The van der Waals surface area contributed by atoms with Crippen molar-refractivity contribution in [3.05, 3.63) is 64.2 Å². The van der Waals surface area contributed by atoms with E-state index in [0.717, 1.165) is 0 Å². The number of nitrogens with one attached hydrogen (secondary N) is 2. The molecule has 0 fully saturated rings. The number of halogens is 3. The van der Waals surface area contributed by atoms with E-state index in [1.807, 2.05) is 0 Å². The second-order valence-corrected chi connectivity index (χ2v) is 7.72. The van der Waals surface area contributed by atoms with E-state index in [2.05, 4.69) is 5.32 Å². The third-order valence-electron chi connectivity index (χ3n) is 5.08. The predicted molar refractivity (Wildman–Crippen MR) is 121 cm³/mol. The molecule has 3 rings (SSSR count). The molecule has 1 aliphatic rings. The summed E-state index contributed by atoms with van der Waals surface area (Å²) in [4.78, 5) is 56.5. The van der Waals surface area contributed by atoms with Crippen LogP contribution in [0.2, 0.25) is 0 Å². The van der Waals surface area contributed by atoms with Crippen molar-refractivity contribution in [1.82, 2.24) is 5.32 Å². The van der Waals surface area contributed by atoms with Gasteiger partial charge in [0.05, 0.1) is 12.0 Å². The summed E-state index contributed by atoms with van der Waals surface area (Å²) in [5, 5.41) is 34.9. The first kappa shape index (κ1) is 29.3. The Balaban J connectivity index is 0.000000638. The van der Waals surface area contributed by atoms with E-state index in [-0.39, 0.29) is 23.4 Å². The van der Waals surface area contributed by atoms with Gasteiger partial charge in [-0.3, -0.25) is 15.0 Å². The lowest BCUT2D eigenvalue weighted by molar-refractivity contribution is -0.192. The van der Waals surface area contributed by atoms with Gasteiger partial charge in [-0.1, -0.05) is 6.07 Å². The first-order valence-corrected chi connectivity index (χ1v) is 10.5. The molecule has 0 aromatic heterocycles. The standard InChI is InChI=1S/C21H19N3O7.C2HF3O2/c22-18(23)11-5-7-16-10(8-11)4-6-12-13(2-1-3-14(12)21(30)31-16)19(27)24-15(20(28)29)9-17(25)26;3-2(4,5)1(6)7/h1-3,5,7-8,15H,4,6,9H2,(H3,22,23)(H,24,27)(H,25,26)(H,28,29);(H,6,7). The highest BCUT2D eigenvalue weighted by Gasteiger charge is 2.38. The molecular formula is C23H20F3N3O9. The number of amides is 1. The van der Waals surface area contributed by atoms with E-state index in [4.69, 9.17) is 30.9 Å². The fourth-order valence-electron chi connectivity index (χ4n) is 3.33. The van der Waals surface area contributed by atoms with E-state index in [1.54, 1.807) is 18.2 Å². The Morgan fingerprint density at radius 2 is 1.71 bits per heavy atom. The molecule has 38 heavy (non-hydrogen) atoms. The normalized spacial score (nSPS) is 13.1. The number of ether oxygens (including phenoxy) is 1. The number of rotatable bonds is 6.